The summed E-state index contributed by atoms with van der Waals surface area (Å²) in [6.07, 6.45) is 0. The average Bonchev–Trinajstić information content (AvgIpc) is 2.33. The average molecular weight is 371 g/mol. The van der Waals surface area contributed by atoms with Gasteiger partial charge in [0.25, 0.3) is 0 Å². The monoisotopic (exact) mass is 371 g/mol. The molecule has 0 rings (SSSR count). The molecule has 0 saturated heterocycles. The Morgan fingerprint density at radius 2 is 1.47 bits per heavy atom. The summed E-state index contributed by atoms with van der Waals surface area (Å²) in [5.74, 6) is 13.6. The van der Waals surface area contributed by atoms with E-state index in [0.29, 0.717) is 23.3 Å². The molecular weight excluding hydrogens is 348 g/mol. The summed E-state index contributed by atoms with van der Waals surface area (Å²) in [5, 5.41) is 8.77. The minimum atomic E-state index is -0.165. The first-order valence-electron chi connectivity index (χ1n) is 6.10. The van der Waals surface area contributed by atoms with Gasteiger partial charge in [0, 0.05) is 69.7 Å². The molecule has 0 aliphatic heterocycles. The van der Waals surface area contributed by atoms with Gasteiger partial charge in [0.2, 0.25) is 0 Å². The van der Waals surface area contributed by atoms with Crippen LogP contribution < -0.4 is 0 Å². The Labute approximate surface area is 156 Å². The van der Waals surface area contributed by atoms with Gasteiger partial charge in [-0.05, 0) is 18.8 Å². The number of rotatable bonds is 4. The van der Waals surface area contributed by atoms with Crippen molar-refractivity contribution in [3.05, 3.63) is 12.2 Å². The molecule has 0 amide bonds. The molecule has 0 aliphatic carbocycles. The van der Waals surface area contributed by atoms with Crippen LogP contribution in [-0.4, -0.2) is 11.7 Å². The van der Waals surface area contributed by atoms with E-state index in [1.165, 1.54) is 0 Å². The molecule has 1 nitrogen and oxygen atoms in total. The van der Waals surface area contributed by atoms with Crippen molar-refractivity contribution in [1.29, 1.82) is 0 Å². The van der Waals surface area contributed by atoms with Crippen LogP contribution in [0.1, 0.15) is 34.6 Å². The maximum atomic E-state index is 8.77. The third-order valence-corrected chi connectivity index (χ3v) is 3.41. The molecule has 0 aromatic rings. The minimum absolute atomic E-state index is 0. The smallest absolute Gasteiger partial charge is 0.0403 e. The molecule has 0 fully saturated rings. The molecular formula is C16H23OVY-. The van der Waals surface area contributed by atoms with Crippen molar-refractivity contribution in [3.63, 3.8) is 0 Å². The van der Waals surface area contributed by atoms with Crippen LogP contribution >= 0.6 is 0 Å². The molecule has 4 atom stereocenters. The molecule has 4 unspecified atom stereocenters. The summed E-state index contributed by atoms with van der Waals surface area (Å²) in [4.78, 5) is 0. The molecule has 1 N–H and O–H groups in total. The molecule has 0 aliphatic rings. The summed E-state index contributed by atoms with van der Waals surface area (Å²) in [7, 11) is 0. The van der Waals surface area contributed by atoms with Crippen LogP contribution in [0.5, 0.6) is 0 Å². The number of hydrogen-bond donors (Lipinski definition) is 1. The van der Waals surface area contributed by atoms with E-state index < -0.39 is 0 Å². The maximum Gasteiger partial charge on any atom is 0.0403 e. The Kier molecular flexibility index (Phi) is 17.4. The summed E-state index contributed by atoms with van der Waals surface area (Å²) < 4.78 is 0. The first-order chi connectivity index (χ1) is 7.93. The Hall–Kier alpha value is 0.508. The van der Waals surface area contributed by atoms with Gasteiger partial charge in [-0.15, -0.1) is 11.8 Å². The van der Waals surface area contributed by atoms with Crippen LogP contribution in [-0.2, 0) is 51.3 Å². The number of aliphatic hydroxyl groups is 1. The fraction of sp³-hybridized carbons (Fsp3) is 0.625. The predicted molar refractivity (Wildman–Crippen MR) is 72.8 cm³/mol. The Morgan fingerprint density at radius 1 is 1.05 bits per heavy atom. The van der Waals surface area contributed by atoms with Gasteiger partial charge in [-0.1, -0.05) is 27.7 Å². The van der Waals surface area contributed by atoms with Gasteiger partial charge in [-0.2, -0.15) is 5.57 Å². The zero-order chi connectivity index (χ0) is 13.4. The maximum absolute atomic E-state index is 8.77. The quantitative estimate of drug-likeness (QED) is 0.595. The first-order valence-corrected chi connectivity index (χ1v) is 6.10. The van der Waals surface area contributed by atoms with Crippen molar-refractivity contribution >= 4 is 0 Å². The van der Waals surface area contributed by atoms with E-state index in [9.17, 15) is 0 Å². The Balaban J connectivity index is -0.00000128. The normalized spacial score (nSPS) is 14.8. The van der Waals surface area contributed by atoms with Crippen LogP contribution in [0.25, 0.3) is 0 Å². The second-order valence-electron chi connectivity index (χ2n) is 4.64. The van der Waals surface area contributed by atoms with E-state index in [1.54, 1.807) is 0 Å². The van der Waals surface area contributed by atoms with E-state index >= 15 is 0 Å². The molecule has 3 heteroatoms. The van der Waals surface area contributed by atoms with E-state index in [0.717, 1.165) is 0 Å². The second-order valence-corrected chi connectivity index (χ2v) is 4.64. The van der Waals surface area contributed by atoms with Gasteiger partial charge in [-0.3, -0.25) is 6.58 Å². The zero-order valence-corrected chi connectivity index (χ0v) is 16.8. The largest absolute Gasteiger partial charge is 0.394 e. The van der Waals surface area contributed by atoms with Crippen LogP contribution in [0.3, 0.4) is 0 Å². The number of aliphatic hydroxyl groups excluding tert-OH is 1. The molecule has 2 radical (unpaired) electrons. The van der Waals surface area contributed by atoms with E-state index in [4.69, 9.17) is 11.7 Å². The Bertz CT molecular complexity index is 370. The standard InChI is InChI=1S/C16H23O.V.Y/c1-7-8-13(3)15(5)16(6)14(4)10-9-12(2)11-17;;/h2,13-17H,11H2,1,3-6H3;;/q-1;;. The minimum Gasteiger partial charge on any atom is -0.394 e. The first kappa shape index (κ1) is 24.5. The van der Waals surface area contributed by atoms with Gasteiger partial charge in [0.1, 0.15) is 0 Å². The van der Waals surface area contributed by atoms with Crippen molar-refractivity contribution in [2.75, 3.05) is 6.61 Å². The fourth-order valence-electron chi connectivity index (χ4n) is 1.65. The third kappa shape index (κ3) is 9.96. The van der Waals surface area contributed by atoms with Crippen molar-refractivity contribution < 1.29 is 56.4 Å². The van der Waals surface area contributed by atoms with Gasteiger partial charge >= 0.3 is 0 Å². The third-order valence-electron chi connectivity index (χ3n) is 3.41. The second kappa shape index (κ2) is 13.5. The van der Waals surface area contributed by atoms with Crippen LogP contribution in [0.4, 0.5) is 0 Å². The van der Waals surface area contributed by atoms with Gasteiger partial charge in [0.15, 0.2) is 0 Å². The van der Waals surface area contributed by atoms with Crippen LogP contribution in [0, 0.1) is 53.9 Å². The van der Waals surface area contributed by atoms with Crippen LogP contribution in [0.2, 0.25) is 0 Å². The molecule has 0 spiro atoms. The summed E-state index contributed by atoms with van der Waals surface area (Å²) >= 11 is 0. The SMILES string of the molecule is [CH-]=C(C#CC(C)C(C)C(C)C(C)C#CC)CO.[V].[Y]. The molecule has 0 saturated carbocycles. The van der Waals surface area contributed by atoms with Crippen molar-refractivity contribution in [1.82, 2.24) is 0 Å². The number of hydrogen-bond acceptors (Lipinski definition) is 1. The molecule has 0 bridgehead atoms. The van der Waals surface area contributed by atoms with Gasteiger partial charge in [0.05, 0.1) is 0 Å². The summed E-state index contributed by atoms with van der Waals surface area (Å²) in [6, 6.07) is 0. The molecule has 0 heterocycles. The molecule has 0 aromatic carbocycles. The predicted octanol–water partition coefficient (Wildman–Crippen LogP) is 2.90. The van der Waals surface area contributed by atoms with E-state index in [1.807, 2.05) is 6.92 Å². The van der Waals surface area contributed by atoms with Gasteiger partial charge in [-0.25, -0.2) is 5.92 Å². The van der Waals surface area contributed by atoms with Gasteiger partial charge < -0.3 is 11.0 Å². The van der Waals surface area contributed by atoms with E-state index in [2.05, 4.69) is 51.4 Å². The van der Waals surface area contributed by atoms with Crippen molar-refractivity contribution in [2.24, 2.45) is 23.7 Å². The topological polar surface area (TPSA) is 20.2 Å². The zero-order valence-electron chi connectivity index (χ0n) is 12.6. The Morgan fingerprint density at radius 3 is 1.84 bits per heavy atom. The van der Waals surface area contributed by atoms with Crippen molar-refractivity contribution in [3.8, 4) is 23.7 Å². The molecule has 0 aromatic heterocycles. The fourth-order valence-corrected chi connectivity index (χ4v) is 1.65. The molecule has 102 valence electrons. The van der Waals surface area contributed by atoms with Crippen LogP contribution in [0.15, 0.2) is 5.57 Å². The summed E-state index contributed by atoms with van der Waals surface area (Å²) in [5.41, 5.74) is 0.332. The van der Waals surface area contributed by atoms with Crippen molar-refractivity contribution in [2.45, 2.75) is 34.6 Å². The molecule has 19 heavy (non-hydrogen) atoms. The summed E-state index contributed by atoms with van der Waals surface area (Å²) in [6.45, 7) is 15.8. The van der Waals surface area contributed by atoms with E-state index in [-0.39, 0.29) is 63.8 Å².